The monoisotopic (exact) mass is 437 g/mol. The summed E-state index contributed by atoms with van der Waals surface area (Å²) in [5.41, 5.74) is 3.17. The van der Waals surface area contributed by atoms with E-state index in [1.807, 2.05) is 32.0 Å². The van der Waals surface area contributed by atoms with Crippen LogP contribution in [-0.4, -0.2) is 26.6 Å². The highest BCUT2D eigenvalue weighted by atomic mass is 32.2. The quantitative estimate of drug-likeness (QED) is 0.583. The van der Waals surface area contributed by atoms with Gasteiger partial charge in [-0.15, -0.1) is 0 Å². The highest BCUT2D eigenvalue weighted by molar-refractivity contribution is 7.90. The van der Waals surface area contributed by atoms with Crippen LogP contribution in [0.25, 0.3) is 0 Å². The number of amides is 1. The third kappa shape index (κ3) is 5.58. The van der Waals surface area contributed by atoms with Crippen LogP contribution in [0.3, 0.4) is 0 Å². The van der Waals surface area contributed by atoms with Crippen molar-refractivity contribution in [3.63, 3.8) is 0 Å². The van der Waals surface area contributed by atoms with E-state index in [4.69, 9.17) is 4.74 Å². The zero-order valence-electron chi connectivity index (χ0n) is 17.5. The summed E-state index contributed by atoms with van der Waals surface area (Å²) < 4.78 is 28.8. The highest BCUT2D eigenvalue weighted by Gasteiger charge is 2.26. The standard InChI is InChI=1S/C24H23NO5S/c1-16-9-10-17(2)21(15-16)25-23(26)22(18-7-5-4-6-8-18)30-24(27)19-11-13-20(14-12-19)31(3,28)29/h4-15,22H,1-3H3,(H,25,26)/t22-/m1/s1. The van der Waals surface area contributed by atoms with Crippen LogP contribution >= 0.6 is 0 Å². The molecule has 3 aromatic rings. The Hall–Kier alpha value is -3.45. The van der Waals surface area contributed by atoms with Crippen LogP contribution in [0, 0.1) is 13.8 Å². The van der Waals surface area contributed by atoms with Crippen molar-refractivity contribution in [3.8, 4) is 0 Å². The number of anilines is 1. The first-order valence-corrected chi connectivity index (χ1v) is 11.5. The summed E-state index contributed by atoms with van der Waals surface area (Å²) in [7, 11) is -3.38. The van der Waals surface area contributed by atoms with Crippen molar-refractivity contribution in [2.24, 2.45) is 0 Å². The zero-order valence-corrected chi connectivity index (χ0v) is 18.3. The molecule has 0 aromatic heterocycles. The van der Waals surface area contributed by atoms with Gasteiger partial charge in [0.25, 0.3) is 5.91 Å². The number of carbonyl (C=O) groups excluding carboxylic acids is 2. The molecule has 1 amide bonds. The van der Waals surface area contributed by atoms with Crippen LogP contribution < -0.4 is 5.32 Å². The van der Waals surface area contributed by atoms with Crippen molar-refractivity contribution in [1.29, 1.82) is 0 Å². The fourth-order valence-corrected chi connectivity index (χ4v) is 3.61. The third-order valence-electron chi connectivity index (χ3n) is 4.73. The van der Waals surface area contributed by atoms with Crippen molar-refractivity contribution >= 4 is 27.4 Å². The molecule has 0 radical (unpaired) electrons. The van der Waals surface area contributed by atoms with Crippen molar-refractivity contribution in [2.45, 2.75) is 24.8 Å². The van der Waals surface area contributed by atoms with E-state index in [1.165, 1.54) is 24.3 Å². The first-order chi connectivity index (χ1) is 14.6. The third-order valence-corrected chi connectivity index (χ3v) is 5.86. The summed E-state index contributed by atoms with van der Waals surface area (Å²) in [5.74, 6) is -1.22. The Labute approximate surface area is 181 Å². The van der Waals surface area contributed by atoms with E-state index >= 15 is 0 Å². The Bertz CT molecular complexity index is 1200. The number of benzene rings is 3. The van der Waals surface area contributed by atoms with E-state index in [0.29, 0.717) is 11.3 Å². The Balaban J connectivity index is 1.86. The maximum absolute atomic E-state index is 13.1. The molecule has 7 heteroatoms. The molecule has 0 saturated carbocycles. The van der Waals surface area contributed by atoms with Crippen molar-refractivity contribution < 1.29 is 22.7 Å². The molecule has 6 nitrogen and oxygen atoms in total. The molecule has 0 aliphatic carbocycles. The molecule has 0 spiro atoms. The summed E-state index contributed by atoms with van der Waals surface area (Å²) in [5, 5.41) is 2.84. The van der Waals surface area contributed by atoms with Gasteiger partial charge >= 0.3 is 5.97 Å². The minimum atomic E-state index is -3.38. The summed E-state index contributed by atoms with van der Waals surface area (Å²) in [6.45, 7) is 3.80. The van der Waals surface area contributed by atoms with Crippen LogP contribution in [0.4, 0.5) is 5.69 Å². The molecule has 1 atom stereocenters. The van der Waals surface area contributed by atoms with Gasteiger partial charge in [-0.3, -0.25) is 4.79 Å². The molecule has 0 fully saturated rings. The van der Waals surface area contributed by atoms with Gasteiger partial charge in [0.15, 0.2) is 9.84 Å². The molecule has 3 aromatic carbocycles. The second-order valence-corrected chi connectivity index (χ2v) is 9.32. The van der Waals surface area contributed by atoms with Crippen LogP contribution in [0.1, 0.15) is 33.2 Å². The largest absolute Gasteiger partial charge is 0.444 e. The Morgan fingerprint density at radius 3 is 2.16 bits per heavy atom. The van der Waals surface area contributed by atoms with Crippen molar-refractivity contribution in [1.82, 2.24) is 0 Å². The number of hydrogen-bond donors (Lipinski definition) is 1. The number of rotatable bonds is 6. The molecule has 0 aliphatic rings. The molecule has 3 rings (SSSR count). The number of carbonyl (C=O) groups is 2. The SMILES string of the molecule is Cc1ccc(C)c(NC(=O)[C@H](OC(=O)c2ccc(S(C)(=O)=O)cc2)c2ccccc2)c1. The molecule has 0 aliphatic heterocycles. The lowest BCUT2D eigenvalue weighted by Gasteiger charge is -2.19. The topological polar surface area (TPSA) is 89.5 Å². The number of hydrogen-bond acceptors (Lipinski definition) is 5. The molecule has 0 unspecified atom stereocenters. The minimum absolute atomic E-state index is 0.0938. The smallest absolute Gasteiger partial charge is 0.339 e. The van der Waals surface area contributed by atoms with Crippen LogP contribution in [0.5, 0.6) is 0 Å². The highest BCUT2D eigenvalue weighted by Crippen LogP contribution is 2.24. The number of sulfone groups is 1. The normalized spacial score (nSPS) is 12.1. The second kappa shape index (κ2) is 9.14. The Kier molecular flexibility index (Phi) is 6.56. The van der Waals surface area contributed by atoms with E-state index < -0.39 is 27.8 Å². The maximum Gasteiger partial charge on any atom is 0.339 e. The van der Waals surface area contributed by atoms with E-state index in [1.54, 1.807) is 30.3 Å². The molecular weight excluding hydrogens is 414 g/mol. The maximum atomic E-state index is 13.1. The molecule has 31 heavy (non-hydrogen) atoms. The predicted molar refractivity (Wildman–Crippen MR) is 119 cm³/mol. The van der Waals surface area contributed by atoms with Gasteiger partial charge in [0, 0.05) is 17.5 Å². The summed E-state index contributed by atoms with van der Waals surface area (Å²) in [6.07, 6.45) is -0.0909. The van der Waals surface area contributed by atoms with Gasteiger partial charge in [-0.1, -0.05) is 42.5 Å². The van der Waals surface area contributed by atoms with E-state index in [-0.39, 0.29) is 10.5 Å². The lowest BCUT2D eigenvalue weighted by atomic mass is 10.1. The van der Waals surface area contributed by atoms with Gasteiger partial charge in [0.05, 0.1) is 10.5 Å². The van der Waals surface area contributed by atoms with Gasteiger partial charge in [-0.25, -0.2) is 13.2 Å². The summed E-state index contributed by atoms with van der Waals surface area (Å²) in [4.78, 5) is 25.9. The Morgan fingerprint density at radius 2 is 1.55 bits per heavy atom. The summed E-state index contributed by atoms with van der Waals surface area (Å²) >= 11 is 0. The lowest BCUT2D eigenvalue weighted by molar-refractivity contribution is -0.125. The molecular formula is C24H23NO5S. The Morgan fingerprint density at radius 1 is 0.903 bits per heavy atom. The second-order valence-electron chi connectivity index (χ2n) is 7.30. The van der Waals surface area contributed by atoms with Crippen molar-refractivity contribution in [2.75, 3.05) is 11.6 Å². The molecule has 0 heterocycles. The number of nitrogens with one attached hydrogen (secondary N) is 1. The summed E-state index contributed by atoms with van der Waals surface area (Å²) in [6, 6.07) is 19.8. The minimum Gasteiger partial charge on any atom is -0.444 e. The van der Waals surface area contributed by atoms with E-state index in [0.717, 1.165) is 17.4 Å². The number of esters is 1. The first kappa shape index (κ1) is 22.2. The van der Waals surface area contributed by atoms with Gasteiger partial charge in [-0.2, -0.15) is 0 Å². The van der Waals surface area contributed by atoms with E-state index in [9.17, 15) is 18.0 Å². The zero-order chi connectivity index (χ0) is 22.6. The van der Waals surface area contributed by atoms with Crippen molar-refractivity contribution in [3.05, 3.63) is 95.1 Å². The molecule has 1 N–H and O–H groups in total. The predicted octanol–water partition coefficient (Wildman–Crippen LogP) is 4.24. The number of aryl methyl sites for hydroxylation is 2. The van der Waals surface area contributed by atoms with Crippen LogP contribution in [0.2, 0.25) is 0 Å². The molecule has 160 valence electrons. The lowest BCUT2D eigenvalue weighted by Crippen LogP contribution is -2.26. The average molecular weight is 438 g/mol. The van der Waals surface area contributed by atoms with Gasteiger partial charge in [0.1, 0.15) is 0 Å². The van der Waals surface area contributed by atoms with Gasteiger partial charge in [-0.05, 0) is 55.3 Å². The van der Waals surface area contributed by atoms with Gasteiger partial charge in [0.2, 0.25) is 6.10 Å². The molecule has 0 bridgehead atoms. The average Bonchev–Trinajstić information content (AvgIpc) is 2.74. The van der Waals surface area contributed by atoms with Crippen LogP contribution in [-0.2, 0) is 19.4 Å². The molecule has 0 saturated heterocycles. The first-order valence-electron chi connectivity index (χ1n) is 9.59. The number of ether oxygens (including phenoxy) is 1. The van der Waals surface area contributed by atoms with E-state index in [2.05, 4.69) is 5.32 Å². The van der Waals surface area contributed by atoms with Crippen LogP contribution in [0.15, 0.2) is 77.7 Å². The fourth-order valence-electron chi connectivity index (χ4n) is 2.98. The van der Waals surface area contributed by atoms with Gasteiger partial charge < -0.3 is 10.1 Å². The fraction of sp³-hybridized carbons (Fsp3) is 0.167.